The fourth-order valence-corrected chi connectivity index (χ4v) is 2.19. The molecule has 2 rings (SSSR count). The Kier molecular flexibility index (Phi) is 5.82. The van der Waals surface area contributed by atoms with Crippen LogP contribution in [0.1, 0.15) is 44.1 Å². The zero-order valence-corrected chi connectivity index (χ0v) is 13.7. The van der Waals surface area contributed by atoms with Crippen molar-refractivity contribution in [2.75, 3.05) is 6.61 Å². The molecular formula is C18H23NO4. The minimum Gasteiger partial charge on any atom is -0.481 e. The molecule has 1 aromatic heterocycles. The van der Waals surface area contributed by atoms with Crippen molar-refractivity contribution >= 4 is 5.91 Å². The molecule has 2 N–H and O–H groups in total. The highest BCUT2D eigenvalue weighted by atomic mass is 16.5. The third-order valence-corrected chi connectivity index (χ3v) is 3.59. The van der Waals surface area contributed by atoms with Crippen LogP contribution < -0.4 is 10.1 Å². The maximum atomic E-state index is 12.2. The summed E-state index contributed by atoms with van der Waals surface area (Å²) in [6.45, 7) is 5.64. The van der Waals surface area contributed by atoms with Crippen LogP contribution in [0.5, 0.6) is 5.75 Å². The summed E-state index contributed by atoms with van der Waals surface area (Å²) in [6.07, 6.45) is 0.822. The van der Waals surface area contributed by atoms with Gasteiger partial charge in [-0.05, 0) is 42.7 Å². The average molecular weight is 317 g/mol. The third kappa shape index (κ3) is 4.60. The maximum Gasteiger partial charge on any atom is 0.261 e. The number of hydrogen-bond acceptors (Lipinski definition) is 4. The number of ether oxygens (including phenoxy) is 1. The van der Waals surface area contributed by atoms with Gasteiger partial charge in [0.1, 0.15) is 17.6 Å². The van der Waals surface area contributed by atoms with Crippen LogP contribution in [-0.4, -0.2) is 23.7 Å². The Labute approximate surface area is 136 Å². The van der Waals surface area contributed by atoms with Gasteiger partial charge in [-0.3, -0.25) is 4.79 Å². The number of carbonyl (C=O) groups excluding carboxylic acids is 1. The first-order valence-electron chi connectivity index (χ1n) is 7.72. The van der Waals surface area contributed by atoms with E-state index in [9.17, 15) is 9.90 Å². The Bertz CT molecular complexity index is 622. The Hall–Kier alpha value is -2.27. The van der Waals surface area contributed by atoms with Crippen LogP contribution in [0.3, 0.4) is 0 Å². The molecule has 0 aliphatic carbocycles. The minimum atomic E-state index is -0.679. The summed E-state index contributed by atoms with van der Waals surface area (Å²) in [5.41, 5.74) is 1.15. The summed E-state index contributed by atoms with van der Waals surface area (Å²) < 4.78 is 10.9. The summed E-state index contributed by atoms with van der Waals surface area (Å²) in [5.74, 6) is 1.24. The standard InChI is InChI=1S/C18H23NO4/c1-12(2)14-6-4-7-15(10-14)23-13(3)18(21)19-16(11-20)17-8-5-9-22-17/h4-10,12-13,16,20H,11H2,1-3H3,(H,19,21). The van der Waals surface area contributed by atoms with Gasteiger partial charge in [0.15, 0.2) is 6.10 Å². The van der Waals surface area contributed by atoms with E-state index in [-0.39, 0.29) is 12.5 Å². The quantitative estimate of drug-likeness (QED) is 0.823. The predicted molar refractivity (Wildman–Crippen MR) is 87.3 cm³/mol. The topological polar surface area (TPSA) is 71.7 Å². The van der Waals surface area contributed by atoms with E-state index in [1.807, 2.05) is 24.3 Å². The molecule has 1 heterocycles. The van der Waals surface area contributed by atoms with Gasteiger partial charge >= 0.3 is 0 Å². The molecule has 5 nitrogen and oxygen atoms in total. The Morgan fingerprint density at radius 3 is 2.65 bits per heavy atom. The summed E-state index contributed by atoms with van der Waals surface area (Å²) in [6, 6.07) is 10.5. The van der Waals surface area contributed by atoms with Crippen molar-refractivity contribution in [2.24, 2.45) is 0 Å². The summed E-state index contributed by atoms with van der Waals surface area (Å²) in [5, 5.41) is 12.1. The highest BCUT2D eigenvalue weighted by Gasteiger charge is 2.21. The molecular weight excluding hydrogens is 294 g/mol. The molecule has 0 aliphatic rings. The first-order chi connectivity index (χ1) is 11.0. The number of rotatable bonds is 7. The van der Waals surface area contributed by atoms with Gasteiger partial charge in [-0.15, -0.1) is 0 Å². The number of aliphatic hydroxyl groups excluding tert-OH is 1. The molecule has 23 heavy (non-hydrogen) atoms. The maximum absolute atomic E-state index is 12.2. The Morgan fingerprint density at radius 2 is 2.04 bits per heavy atom. The fourth-order valence-electron chi connectivity index (χ4n) is 2.19. The van der Waals surface area contributed by atoms with Crippen LogP contribution in [0.2, 0.25) is 0 Å². The number of nitrogens with one attached hydrogen (secondary N) is 1. The average Bonchev–Trinajstić information content (AvgIpc) is 3.06. The number of carbonyl (C=O) groups is 1. The molecule has 1 aromatic carbocycles. The van der Waals surface area contributed by atoms with Gasteiger partial charge in [0, 0.05) is 0 Å². The van der Waals surface area contributed by atoms with Gasteiger partial charge in [0.2, 0.25) is 0 Å². The number of amides is 1. The first-order valence-corrected chi connectivity index (χ1v) is 7.72. The van der Waals surface area contributed by atoms with Gasteiger partial charge < -0.3 is 19.6 Å². The van der Waals surface area contributed by atoms with Crippen LogP contribution in [0, 0.1) is 0 Å². The van der Waals surface area contributed by atoms with Gasteiger partial charge in [-0.2, -0.15) is 0 Å². The SMILES string of the molecule is CC(Oc1cccc(C(C)C)c1)C(=O)NC(CO)c1ccco1. The lowest BCUT2D eigenvalue weighted by atomic mass is 10.0. The number of hydrogen-bond donors (Lipinski definition) is 2. The Balaban J connectivity index is 1.98. The van der Waals surface area contributed by atoms with E-state index >= 15 is 0 Å². The van der Waals surface area contributed by atoms with E-state index in [0.29, 0.717) is 17.4 Å². The van der Waals surface area contributed by atoms with E-state index in [1.54, 1.807) is 19.1 Å². The van der Waals surface area contributed by atoms with Crippen molar-refractivity contribution in [3.05, 3.63) is 54.0 Å². The second kappa shape index (κ2) is 7.83. The molecule has 5 heteroatoms. The van der Waals surface area contributed by atoms with E-state index in [1.165, 1.54) is 6.26 Å². The fraction of sp³-hybridized carbons (Fsp3) is 0.389. The smallest absolute Gasteiger partial charge is 0.261 e. The molecule has 2 aromatic rings. The normalized spacial score (nSPS) is 13.6. The second-order valence-electron chi connectivity index (χ2n) is 5.75. The van der Waals surface area contributed by atoms with E-state index in [2.05, 4.69) is 19.2 Å². The summed E-state index contributed by atoms with van der Waals surface area (Å²) >= 11 is 0. The molecule has 1 amide bonds. The van der Waals surface area contributed by atoms with Crippen molar-refractivity contribution in [1.82, 2.24) is 5.32 Å². The number of benzene rings is 1. The highest BCUT2D eigenvalue weighted by molar-refractivity contribution is 5.81. The van der Waals surface area contributed by atoms with Crippen molar-refractivity contribution in [3.63, 3.8) is 0 Å². The molecule has 124 valence electrons. The van der Waals surface area contributed by atoms with Crippen molar-refractivity contribution < 1.29 is 19.1 Å². The molecule has 0 aliphatic heterocycles. The molecule has 2 atom stereocenters. The van der Waals surface area contributed by atoms with E-state index in [4.69, 9.17) is 9.15 Å². The molecule has 0 saturated carbocycles. The summed E-state index contributed by atoms with van der Waals surface area (Å²) in [7, 11) is 0. The Morgan fingerprint density at radius 1 is 1.26 bits per heavy atom. The first kappa shape index (κ1) is 17.1. The van der Waals surface area contributed by atoms with E-state index in [0.717, 1.165) is 5.56 Å². The lowest BCUT2D eigenvalue weighted by Crippen LogP contribution is -2.39. The molecule has 0 spiro atoms. The largest absolute Gasteiger partial charge is 0.481 e. The van der Waals surface area contributed by atoms with Crippen LogP contribution in [0.4, 0.5) is 0 Å². The lowest BCUT2D eigenvalue weighted by molar-refractivity contribution is -0.128. The minimum absolute atomic E-state index is 0.241. The van der Waals surface area contributed by atoms with Crippen molar-refractivity contribution in [3.8, 4) is 5.75 Å². The highest BCUT2D eigenvalue weighted by Crippen LogP contribution is 2.21. The van der Waals surface area contributed by atoms with Crippen LogP contribution in [0.25, 0.3) is 0 Å². The lowest BCUT2D eigenvalue weighted by Gasteiger charge is -2.19. The zero-order valence-electron chi connectivity index (χ0n) is 13.7. The van der Waals surface area contributed by atoms with Crippen molar-refractivity contribution in [2.45, 2.75) is 38.8 Å². The van der Waals surface area contributed by atoms with Gasteiger partial charge in [-0.1, -0.05) is 26.0 Å². The molecule has 0 saturated heterocycles. The number of aliphatic hydroxyl groups is 1. The van der Waals surface area contributed by atoms with Gasteiger partial charge in [-0.25, -0.2) is 0 Å². The second-order valence-corrected chi connectivity index (χ2v) is 5.75. The third-order valence-electron chi connectivity index (χ3n) is 3.59. The monoisotopic (exact) mass is 317 g/mol. The summed E-state index contributed by atoms with van der Waals surface area (Å²) in [4.78, 5) is 12.2. The molecule has 0 bridgehead atoms. The molecule has 2 unspecified atom stereocenters. The van der Waals surface area contributed by atoms with Gasteiger partial charge in [0.05, 0.1) is 12.9 Å². The van der Waals surface area contributed by atoms with Crippen LogP contribution in [0.15, 0.2) is 47.1 Å². The molecule has 0 fully saturated rings. The van der Waals surface area contributed by atoms with Crippen molar-refractivity contribution in [1.29, 1.82) is 0 Å². The zero-order chi connectivity index (χ0) is 16.8. The van der Waals surface area contributed by atoms with Crippen LogP contribution in [-0.2, 0) is 4.79 Å². The van der Waals surface area contributed by atoms with E-state index < -0.39 is 12.1 Å². The molecule has 0 radical (unpaired) electrons. The predicted octanol–water partition coefficient (Wildman–Crippen LogP) is 3.02. The number of furan rings is 1. The van der Waals surface area contributed by atoms with Crippen LogP contribution >= 0.6 is 0 Å². The van der Waals surface area contributed by atoms with Gasteiger partial charge in [0.25, 0.3) is 5.91 Å².